The third kappa shape index (κ3) is 3.16. The minimum atomic E-state index is -0.0403. The summed E-state index contributed by atoms with van der Waals surface area (Å²) in [5.41, 5.74) is 4.23. The molecule has 1 aliphatic heterocycles. The second-order valence-corrected chi connectivity index (χ2v) is 6.01. The molecule has 1 atom stereocenters. The van der Waals surface area contributed by atoms with Crippen LogP contribution >= 0.6 is 11.6 Å². The Morgan fingerprint density at radius 1 is 1.23 bits per heavy atom. The third-order valence-corrected chi connectivity index (χ3v) is 4.30. The Morgan fingerprint density at radius 3 is 2.82 bits per heavy atom. The number of carbonyl (C=O) groups is 1. The van der Waals surface area contributed by atoms with E-state index in [1.807, 2.05) is 42.5 Å². The van der Waals surface area contributed by atoms with Crippen LogP contribution in [0.1, 0.15) is 46.4 Å². The molecule has 1 aliphatic rings. The van der Waals surface area contributed by atoms with Crippen LogP contribution in [0.25, 0.3) is 0 Å². The number of nitrogens with one attached hydrogen (secondary N) is 2. The van der Waals surface area contributed by atoms with Gasteiger partial charge in [-0.3, -0.25) is 4.79 Å². The van der Waals surface area contributed by atoms with Crippen LogP contribution in [0.5, 0.6) is 0 Å². The summed E-state index contributed by atoms with van der Waals surface area (Å²) in [6.45, 7) is 3.78. The normalized spacial score (nSPS) is 14.5. The van der Waals surface area contributed by atoms with Crippen molar-refractivity contribution < 1.29 is 4.79 Å². The molecule has 22 heavy (non-hydrogen) atoms. The summed E-state index contributed by atoms with van der Waals surface area (Å²) in [6.07, 6.45) is 0.818. The van der Waals surface area contributed by atoms with Gasteiger partial charge in [-0.25, -0.2) is 0 Å². The van der Waals surface area contributed by atoms with Crippen molar-refractivity contribution in [2.75, 3.05) is 0 Å². The highest BCUT2D eigenvalue weighted by Crippen LogP contribution is 2.22. The molecule has 114 valence electrons. The monoisotopic (exact) mass is 314 g/mol. The van der Waals surface area contributed by atoms with E-state index in [4.69, 9.17) is 11.6 Å². The van der Waals surface area contributed by atoms with E-state index in [2.05, 4.69) is 17.6 Å². The Labute approximate surface area is 135 Å². The van der Waals surface area contributed by atoms with Crippen LogP contribution in [0.15, 0.2) is 42.5 Å². The number of halogens is 1. The number of amides is 1. The maximum absolute atomic E-state index is 12.5. The second-order valence-electron chi connectivity index (χ2n) is 5.58. The van der Waals surface area contributed by atoms with Gasteiger partial charge in [0.1, 0.15) is 0 Å². The van der Waals surface area contributed by atoms with E-state index in [0.29, 0.717) is 10.6 Å². The minimum Gasteiger partial charge on any atom is -0.345 e. The Balaban J connectivity index is 1.77. The van der Waals surface area contributed by atoms with Crippen molar-refractivity contribution in [2.45, 2.75) is 32.5 Å². The van der Waals surface area contributed by atoms with Crippen LogP contribution in [-0.4, -0.2) is 5.91 Å². The van der Waals surface area contributed by atoms with Crippen LogP contribution in [0.2, 0.25) is 5.02 Å². The molecule has 4 heteroatoms. The molecule has 1 heterocycles. The molecule has 2 aromatic carbocycles. The Kier molecular flexibility index (Phi) is 4.46. The van der Waals surface area contributed by atoms with Crippen molar-refractivity contribution in [3.8, 4) is 0 Å². The smallest absolute Gasteiger partial charge is 0.251 e. The summed E-state index contributed by atoms with van der Waals surface area (Å²) in [6, 6.07) is 13.5. The molecule has 0 saturated heterocycles. The number of benzene rings is 2. The number of carbonyl (C=O) groups excluding carboxylic acids is 1. The lowest BCUT2D eigenvalue weighted by atomic mass is 10.0. The van der Waals surface area contributed by atoms with Crippen LogP contribution < -0.4 is 10.6 Å². The lowest BCUT2D eigenvalue weighted by molar-refractivity contribution is 0.0935. The Hall–Kier alpha value is -1.84. The average Bonchev–Trinajstić information content (AvgIpc) is 2.99. The maximum Gasteiger partial charge on any atom is 0.251 e. The molecule has 3 nitrogen and oxygen atoms in total. The first-order valence-corrected chi connectivity index (χ1v) is 7.94. The quantitative estimate of drug-likeness (QED) is 0.900. The van der Waals surface area contributed by atoms with Gasteiger partial charge < -0.3 is 10.6 Å². The van der Waals surface area contributed by atoms with Crippen LogP contribution in [0.4, 0.5) is 0 Å². The first-order valence-electron chi connectivity index (χ1n) is 7.56. The standard InChI is InChI=1S/C18H19ClN2O/c1-2-17(12-4-3-5-16(19)9-12)21-18(22)13-6-7-14-10-20-11-15(14)8-13/h3-9,17,20H,2,10-11H2,1H3,(H,21,22). The first-order chi connectivity index (χ1) is 10.7. The summed E-state index contributed by atoms with van der Waals surface area (Å²) in [5.74, 6) is -0.0403. The van der Waals surface area contributed by atoms with Crippen molar-refractivity contribution in [1.82, 2.24) is 10.6 Å². The van der Waals surface area contributed by atoms with Gasteiger partial charge in [0.2, 0.25) is 0 Å². The molecule has 0 spiro atoms. The van der Waals surface area contributed by atoms with Crippen LogP contribution in [0.3, 0.4) is 0 Å². The predicted molar refractivity (Wildman–Crippen MR) is 88.9 cm³/mol. The molecule has 3 rings (SSSR count). The van der Waals surface area contributed by atoms with Crippen LogP contribution in [0, 0.1) is 0 Å². The fourth-order valence-electron chi connectivity index (χ4n) is 2.82. The average molecular weight is 315 g/mol. The van der Waals surface area contributed by atoms with Crippen molar-refractivity contribution in [1.29, 1.82) is 0 Å². The van der Waals surface area contributed by atoms with Crippen molar-refractivity contribution in [3.63, 3.8) is 0 Å². The van der Waals surface area contributed by atoms with Crippen LogP contribution in [-0.2, 0) is 13.1 Å². The SMILES string of the molecule is CCC(NC(=O)c1ccc2c(c1)CNC2)c1cccc(Cl)c1. The van der Waals surface area contributed by atoms with Gasteiger partial charge in [-0.15, -0.1) is 0 Å². The van der Waals surface area contributed by atoms with E-state index in [9.17, 15) is 4.79 Å². The zero-order chi connectivity index (χ0) is 15.5. The molecule has 1 unspecified atom stereocenters. The number of fused-ring (bicyclic) bond motifs is 1. The molecule has 0 aromatic heterocycles. The first kappa shape index (κ1) is 15.1. The van der Waals surface area contributed by atoms with E-state index in [0.717, 1.165) is 25.1 Å². The zero-order valence-electron chi connectivity index (χ0n) is 12.5. The molecule has 2 N–H and O–H groups in total. The largest absolute Gasteiger partial charge is 0.345 e. The molecule has 1 amide bonds. The van der Waals surface area contributed by atoms with Gasteiger partial charge >= 0.3 is 0 Å². The number of hydrogen-bond donors (Lipinski definition) is 2. The highest BCUT2D eigenvalue weighted by molar-refractivity contribution is 6.30. The van der Waals surface area contributed by atoms with Crippen molar-refractivity contribution in [2.24, 2.45) is 0 Å². The topological polar surface area (TPSA) is 41.1 Å². The highest BCUT2D eigenvalue weighted by atomic mass is 35.5. The maximum atomic E-state index is 12.5. The fourth-order valence-corrected chi connectivity index (χ4v) is 3.02. The van der Waals surface area contributed by atoms with Gasteiger partial charge in [0, 0.05) is 23.7 Å². The van der Waals surface area contributed by atoms with Crippen molar-refractivity contribution >= 4 is 17.5 Å². The summed E-state index contributed by atoms with van der Waals surface area (Å²) in [5, 5.41) is 7.08. The van der Waals surface area contributed by atoms with E-state index < -0.39 is 0 Å². The summed E-state index contributed by atoms with van der Waals surface area (Å²) < 4.78 is 0. The fraction of sp³-hybridized carbons (Fsp3) is 0.278. The van der Waals surface area contributed by atoms with Gasteiger partial charge in [0.05, 0.1) is 6.04 Å². The lowest BCUT2D eigenvalue weighted by Gasteiger charge is -2.18. The van der Waals surface area contributed by atoms with Gasteiger partial charge in [0.25, 0.3) is 5.91 Å². The summed E-state index contributed by atoms with van der Waals surface area (Å²) >= 11 is 6.04. The predicted octanol–water partition coefficient (Wildman–Crippen LogP) is 3.82. The van der Waals surface area contributed by atoms with E-state index in [1.54, 1.807) is 0 Å². The van der Waals surface area contributed by atoms with Gasteiger partial charge in [-0.1, -0.05) is 36.7 Å². The van der Waals surface area contributed by atoms with E-state index in [1.165, 1.54) is 11.1 Å². The number of rotatable bonds is 4. The number of hydrogen-bond acceptors (Lipinski definition) is 2. The molecular weight excluding hydrogens is 296 g/mol. The van der Waals surface area contributed by atoms with E-state index >= 15 is 0 Å². The highest BCUT2D eigenvalue weighted by Gasteiger charge is 2.17. The molecule has 0 aliphatic carbocycles. The third-order valence-electron chi connectivity index (χ3n) is 4.06. The molecule has 2 aromatic rings. The Morgan fingerprint density at radius 2 is 2.05 bits per heavy atom. The van der Waals surface area contributed by atoms with Gasteiger partial charge in [-0.05, 0) is 47.4 Å². The van der Waals surface area contributed by atoms with E-state index in [-0.39, 0.29) is 11.9 Å². The second kappa shape index (κ2) is 6.51. The molecule has 0 saturated carbocycles. The zero-order valence-corrected chi connectivity index (χ0v) is 13.3. The molecule has 0 fully saturated rings. The van der Waals surface area contributed by atoms with Gasteiger partial charge in [0.15, 0.2) is 0 Å². The minimum absolute atomic E-state index is 0.0300. The van der Waals surface area contributed by atoms with Gasteiger partial charge in [-0.2, -0.15) is 0 Å². The lowest BCUT2D eigenvalue weighted by Crippen LogP contribution is -2.28. The molecule has 0 radical (unpaired) electrons. The van der Waals surface area contributed by atoms with Crippen molar-refractivity contribution in [3.05, 3.63) is 69.7 Å². The Bertz CT molecular complexity index is 699. The summed E-state index contributed by atoms with van der Waals surface area (Å²) in [7, 11) is 0. The summed E-state index contributed by atoms with van der Waals surface area (Å²) in [4.78, 5) is 12.5. The molecule has 0 bridgehead atoms. The molecular formula is C18H19ClN2O.